The Balaban J connectivity index is 2.62. The molecule has 1 rings (SSSR count). The molecule has 0 heterocycles. The van der Waals surface area contributed by atoms with E-state index in [1.165, 1.54) is 0 Å². The predicted octanol–water partition coefficient (Wildman–Crippen LogP) is 1.70. The van der Waals surface area contributed by atoms with Gasteiger partial charge in [0.15, 0.2) is 0 Å². The highest BCUT2D eigenvalue weighted by atomic mass is 16.3. The molecule has 2 heteroatoms. The Bertz CT molecular complexity index is 150. The summed E-state index contributed by atoms with van der Waals surface area (Å²) in [7, 11) is 0. The molecule has 72 valence electrons. The summed E-state index contributed by atoms with van der Waals surface area (Å²) in [5, 5.41) is 19.5. The van der Waals surface area contributed by atoms with E-state index >= 15 is 0 Å². The smallest absolute Gasteiger partial charge is 0.0697 e. The largest absolute Gasteiger partial charge is 0.393 e. The van der Waals surface area contributed by atoms with E-state index in [0.717, 1.165) is 25.7 Å². The fraction of sp³-hybridized carbons (Fsp3) is 1.00. The molecule has 0 atom stereocenters. The highest BCUT2D eigenvalue weighted by molar-refractivity contribution is 4.94. The van der Waals surface area contributed by atoms with Gasteiger partial charge in [-0.15, -0.1) is 0 Å². The van der Waals surface area contributed by atoms with Crippen LogP contribution < -0.4 is 0 Å². The molecule has 0 amide bonds. The summed E-state index contributed by atoms with van der Waals surface area (Å²) >= 11 is 0. The van der Waals surface area contributed by atoms with Crippen molar-refractivity contribution in [3.63, 3.8) is 0 Å². The molecule has 0 unspecified atom stereocenters. The maximum absolute atomic E-state index is 10.2. The lowest BCUT2D eigenvalue weighted by atomic mass is 9.68. The summed E-state index contributed by atoms with van der Waals surface area (Å²) < 4.78 is 0. The molecule has 0 aliphatic heterocycles. The topological polar surface area (TPSA) is 40.5 Å². The summed E-state index contributed by atoms with van der Waals surface area (Å²) in [6, 6.07) is 0. The number of hydrogen-bond acceptors (Lipinski definition) is 2. The van der Waals surface area contributed by atoms with Crippen LogP contribution in [0, 0.1) is 5.41 Å². The summed E-state index contributed by atoms with van der Waals surface area (Å²) in [5.74, 6) is 0. The van der Waals surface area contributed by atoms with E-state index in [-0.39, 0.29) is 11.5 Å². The minimum atomic E-state index is -0.563. The zero-order chi connectivity index (χ0) is 9.41. The van der Waals surface area contributed by atoms with Crippen molar-refractivity contribution in [1.82, 2.24) is 0 Å². The van der Waals surface area contributed by atoms with Crippen molar-refractivity contribution in [2.24, 2.45) is 5.41 Å². The fourth-order valence-electron chi connectivity index (χ4n) is 1.83. The predicted molar refractivity (Wildman–Crippen MR) is 48.9 cm³/mol. The molecule has 12 heavy (non-hydrogen) atoms. The number of hydrogen-bond donors (Lipinski definition) is 2. The quantitative estimate of drug-likeness (QED) is 0.584. The van der Waals surface area contributed by atoms with Gasteiger partial charge in [0, 0.05) is 0 Å². The summed E-state index contributed by atoms with van der Waals surface area (Å²) in [6.07, 6.45) is 2.77. The first-order valence-corrected chi connectivity index (χ1v) is 4.76. The SMILES string of the molecule is CC(C)(C)[C@]1(O)CC[C@H](O)CC1. The van der Waals surface area contributed by atoms with Crippen molar-refractivity contribution in [1.29, 1.82) is 0 Å². The molecule has 1 aliphatic carbocycles. The molecule has 0 aromatic carbocycles. The zero-order valence-electron chi connectivity index (χ0n) is 8.30. The van der Waals surface area contributed by atoms with Crippen LogP contribution in [0.5, 0.6) is 0 Å². The van der Waals surface area contributed by atoms with Gasteiger partial charge in [-0.3, -0.25) is 0 Å². The second-order valence-electron chi connectivity index (χ2n) is 5.01. The van der Waals surface area contributed by atoms with E-state index in [0.29, 0.717) is 0 Å². The van der Waals surface area contributed by atoms with Crippen LogP contribution in [0.1, 0.15) is 46.5 Å². The minimum absolute atomic E-state index is 0.0624. The van der Waals surface area contributed by atoms with Crippen LogP contribution in [0.15, 0.2) is 0 Å². The molecule has 0 saturated heterocycles. The molecule has 1 saturated carbocycles. The van der Waals surface area contributed by atoms with Crippen LogP contribution in [0.4, 0.5) is 0 Å². The third-order valence-electron chi connectivity index (χ3n) is 3.18. The molecule has 0 aromatic rings. The average molecular weight is 172 g/mol. The molecule has 0 radical (unpaired) electrons. The van der Waals surface area contributed by atoms with Crippen molar-refractivity contribution < 1.29 is 10.2 Å². The van der Waals surface area contributed by atoms with Crippen LogP contribution in [0.2, 0.25) is 0 Å². The van der Waals surface area contributed by atoms with Crippen LogP contribution >= 0.6 is 0 Å². The van der Waals surface area contributed by atoms with Crippen molar-refractivity contribution in [2.45, 2.75) is 58.2 Å². The Labute approximate surface area is 74.6 Å². The average Bonchev–Trinajstić information content (AvgIpc) is 1.93. The second-order valence-corrected chi connectivity index (χ2v) is 5.01. The normalized spacial score (nSPS) is 38.2. The fourth-order valence-corrected chi connectivity index (χ4v) is 1.83. The lowest BCUT2D eigenvalue weighted by molar-refractivity contribution is -0.103. The lowest BCUT2D eigenvalue weighted by Crippen LogP contribution is -2.46. The van der Waals surface area contributed by atoms with Crippen LogP contribution in [0.25, 0.3) is 0 Å². The molecule has 2 N–H and O–H groups in total. The maximum Gasteiger partial charge on any atom is 0.0697 e. The molecule has 1 aliphatic rings. The van der Waals surface area contributed by atoms with E-state index < -0.39 is 5.60 Å². The summed E-state index contributed by atoms with van der Waals surface area (Å²) in [4.78, 5) is 0. The van der Waals surface area contributed by atoms with E-state index in [9.17, 15) is 10.2 Å². The third-order valence-corrected chi connectivity index (χ3v) is 3.18. The highest BCUT2D eigenvalue weighted by Crippen LogP contribution is 2.41. The van der Waals surface area contributed by atoms with Gasteiger partial charge in [-0.05, 0) is 31.1 Å². The van der Waals surface area contributed by atoms with E-state index in [1.807, 2.05) is 0 Å². The molecular weight excluding hydrogens is 152 g/mol. The molecule has 2 nitrogen and oxygen atoms in total. The highest BCUT2D eigenvalue weighted by Gasteiger charge is 2.42. The van der Waals surface area contributed by atoms with Gasteiger partial charge in [0.25, 0.3) is 0 Å². The molecule has 0 aromatic heterocycles. The van der Waals surface area contributed by atoms with E-state index in [2.05, 4.69) is 20.8 Å². The van der Waals surface area contributed by atoms with Crippen LogP contribution in [-0.2, 0) is 0 Å². The zero-order valence-corrected chi connectivity index (χ0v) is 8.30. The van der Waals surface area contributed by atoms with Gasteiger partial charge in [0.05, 0.1) is 11.7 Å². The number of aliphatic hydroxyl groups excluding tert-OH is 1. The molecule has 0 spiro atoms. The van der Waals surface area contributed by atoms with Gasteiger partial charge in [0.2, 0.25) is 0 Å². The monoisotopic (exact) mass is 172 g/mol. The van der Waals surface area contributed by atoms with Gasteiger partial charge < -0.3 is 10.2 Å². The van der Waals surface area contributed by atoms with Crippen molar-refractivity contribution in [2.75, 3.05) is 0 Å². The maximum atomic E-state index is 10.2. The van der Waals surface area contributed by atoms with Crippen molar-refractivity contribution in [3.05, 3.63) is 0 Å². The molecule has 1 fully saturated rings. The Morgan fingerprint density at radius 2 is 1.58 bits per heavy atom. The van der Waals surface area contributed by atoms with Gasteiger partial charge in [-0.25, -0.2) is 0 Å². The first kappa shape index (κ1) is 10.0. The van der Waals surface area contributed by atoms with Crippen molar-refractivity contribution in [3.8, 4) is 0 Å². The Kier molecular flexibility index (Phi) is 2.50. The Morgan fingerprint density at radius 3 is 1.92 bits per heavy atom. The second kappa shape index (κ2) is 3.00. The first-order valence-electron chi connectivity index (χ1n) is 4.76. The summed E-state index contributed by atoms with van der Waals surface area (Å²) in [6.45, 7) is 6.18. The molecular formula is C10H20O2. The van der Waals surface area contributed by atoms with Gasteiger partial charge >= 0.3 is 0 Å². The number of aliphatic hydroxyl groups is 2. The van der Waals surface area contributed by atoms with E-state index in [4.69, 9.17) is 0 Å². The Morgan fingerprint density at radius 1 is 1.17 bits per heavy atom. The first-order chi connectivity index (χ1) is 5.35. The molecule has 0 bridgehead atoms. The van der Waals surface area contributed by atoms with E-state index in [1.54, 1.807) is 0 Å². The Hall–Kier alpha value is -0.0800. The van der Waals surface area contributed by atoms with Crippen molar-refractivity contribution >= 4 is 0 Å². The third kappa shape index (κ3) is 1.80. The van der Waals surface area contributed by atoms with Crippen LogP contribution in [-0.4, -0.2) is 21.9 Å². The minimum Gasteiger partial charge on any atom is -0.393 e. The lowest BCUT2D eigenvalue weighted by Gasteiger charge is -2.44. The number of rotatable bonds is 0. The standard InChI is InChI=1S/C10H20O2/c1-9(2,3)10(12)6-4-8(11)5-7-10/h8,11-12H,4-7H2,1-3H3/t8-,10-. The van der Waals surface area contributed by atoms with Gasteiger partial charge in [0.1, 0.15) is 0 Å². The summed E-state index contributed by atoms with van der Waals surface area (Å²) in [5.41, 5.74) is -0.626. The van der Waals surface area contributed by atoms with Gasteiger partial charge in [-0.2, -0.15) is 0 Å². The van der Waals surface area contributed by atoms with Gasteiger partial charge in [-0.1, -0.05) is 20.8 Å². The van der Waals surface area contributed by atoms with Crippen LogP contribution in [0.3, 0.4) is 0 Å².